The van der Waals surface area contributed by atoms with Gasteiger partial charge in [0.2, 0.25) is 0 Å². The Morgan fingerprint density at radius 2 is 2.19 bits per heavy atom. The van der Waals surface area contributed by atoms with E-state index in [2.05, 4.69) is 4.90 Å². The van der Waals surface area contributed by atoms with Crippen LogP contribution in [0.3, 0.4) is 0 Å². The lowest BCUT2D eigenvalue weighted by Gasteiger charge is -2.19. The number of ether oxygens (including phenoxy) is 1. The molecule has 0 aliphatic heterocycles. The largest absolute Gasteiger partial charge is 0.492 e. The van der Waals surface area contributed by atoms with Crippen molar-refractivity contribution in [1.82, 2.24) is 0 Å². The van der Waals surface area contributed by atoms with Crippen LogP contribution in [0.4, 0.5) is 5.69 Å². The Labute approximate surface area is 102 Å². The summed E-state index contributed by atoms with van der Waals surface area (Å²) in [7, 11) is 1.97. The van der Waals surface area contributed by atoms with Gasteiger partial charge in [0.25, 0.3) is 0 Å². The molecule has 90 valence electrons. The molecule has 0 atom stereocenters. The van der Waals surface area contributed by atoms with Gasteiger partial charge in [-0.1, -0.05) is 11.6 Å². The molecule has 0 radical (unpaired) electrons. The lowest BCUT2D eigenvalue weighted by Crippen LogP contribution is -2.19. The fourth-order valence-electron chi connectivity index (χ4n) is 1.44. The van der Waals surface area contributed by atoms with E-state index >= 15 is 0 Å². The highest BCUT2D eigenvalue weighted by Gasteiger charge is 2.05. The van der Waals surface area contributed by atoms with Crippen LogP contribution in [0, 0.1) is 0 Å². The zero-order chi connectivity index (χ0) is 12.0. The monoisotopic (exact) mass is 243 g/mol. The number of aliphatic hydroxyl groups excluding tert-OH is 1. The Bertz CT molecular complexity index is 331. The van der Waals surface area contributed by atoms with E-state index in [1.165, 1.54) is 0 Å². The second kappa shape index (κ2) is 6.61. The number of halogens is 1. The van der Waals surface area contributed by atoms with E-state index in [1.54, 1.807) is 0 Å². The highest BCUT2D eigenvalue weighted by Crippen LogP contribution is 2.29. The summed E-state index contributed by atoms with van der Waals surface area (Å²) in [4.78, 5) is 2.05. The fraction of sp³-hybridized carbons (Fsp3) is 0.500. The zero-order valence-electron chi connectivity index (χ0n) is 9.74. The van der Waals surface area contributed by atoms with E-state index < -0.39 is 0 Å². The van der Waals surface area contributed by atoms with E-state index in [1.807, 2.05) is 32.2 Å². The molecule has 0 unspecified atom stereocenters. The number of aliphatic hydroxyl groups is 1. The molecule has 16 heavy (non-hydrogen) atoms. The molecule has 1 N–H and O–H groups in total. The van der Waals surface area contributed by atoms with Crippen molar-refractivity contribution in [2.75, 3.05) is 31.7 Å². The zero-order valence-corrected chi connectivity index (χ0v) is 10.5. The van der Waals surface area contributed by atoms with Crippen LogP contribution < -0.4 is 9.64 Å². The van der Waals surface area contributed by atoms with Crippen molar-refractivity contribution in [3.63, 3.8) is 0 Å². The van der Waals surface area contributed by atoms with Crippen LogP contribution in [0.5, 0.6) is 5.75 Å². The number of benzene rings is 1. The Balaban J connectivity index is 2.71. The van der Waals surface area contributed by atoms with E-state index in [9.17, 15) is 0 Å². The third kappa shape index (κ3) is 3.58. The predicted molar refractivity (Wildman–Crippen MR) is 67.6 cm³/mol. The SMILES string of the molecule is CCOc1ccc(N(C)CCCO)cc1Cl. The van der Waals surface area contributed by atoms with Crippen molar-refractivity contribution in [1.29, 1.82) is 0 Å². The van der Waals surface area contributed by atoms with Crippen LogP contribution in [0.25, 0.3) is 0 Å². The topological polar surface area (TPSA) is 32.7 Å². The smallest absolute Gasteiger partial charge is 0.138 e. The molecule has 1 aromatic rings. The van der Waals surface area contributed by atoms with Crippen molar-refractivity contribution in [3.05, 3.63) is 23.2 Å². The first kappa shape index (κ1) is 13.1. The highest BCUT2D eigenvalue weighted by atomic mass is 35.5. The maximum atomic E-state index is 8.76. The average molecular weight is 244 g/mol. The molecule has 0 aromatic heterocycles. The van der Waals surface area contributed by atoms with Crippen molar-refractivity contribution >= 4 is 17.3 Å². The van der Waals surface area contributed by atoms with Crippen molar-refractivity contribution in [3.8, 4) is 5.75 Å². The van der Waals surface area contributed by atoms with Crippen molar-refractivity contribution in [2.45, 2.75) is 13.3 Å². The molecule has 0 heterocycles. The summed E-state index contributed by atoms with van der Waals surface area (Å²) in [5.74, 6) is 0.712. The Morgan fingerprint density at radius 3 is 2.75 bits per heavy atom. The molecule has 0 aliphatic rings. The molecule has 0 aliphatic carbocycles. The van der Waals surface area contributed by atoms with Crippen LogP contribution in [0.15, 0.2) is 18.2 Å². The summed E-state index contributed by atoms with van der Waals surface area (Å²) in [6.07, 6.45) is 0.751. The molecule has 0 saturated carbocycles. The molecular weight excluding hydrogens is 226 g/mol. The second-order valence-electron chi connectivity index (χ2n) is 3.55. The molecule has 3 nitrogen and oxygen atoms in total. The quantitative estimate of drug-likeness (QED) is 0.834. The number of nitrogens with zero attached hydrogens (tertiary/aromatic N) is 1. The van der Waals surface area contributed by atoms with Crippen molar-refractivity contribution < 1.29 is 9.84 Å². The van der Waals surface area contributed by atoms with Gasteiger partial charge in [0.05, 0.1) is 11.6 Å². The van der Waals surface area contributed by atoms with Gasteiger partial charge in [-0.15, -0.1) is 0 Å². The first-order valence-electron chi connectivity index (χ1n) is 5.43. The second-order valence-corrected chi connectivity index (χ2v) is 3.95. The van der Waals surface area contributed by atoms with Crippen LogP contribution in [0.1, 0.15) is 13.3 Å². The lowest BCUT2D eigenvalue weighted by atomic mass is 10.2. The van der Waals surface area contributed by atoms with E-state index in [0.717, 1.165) is 18.7 Å². The van der Waals surface area contributed by atoms with Gasteiger partial charge in [-0.25, -0.2) is 0 Å². The third-order valence-corrected chi connectivity index (χ3v) is 2.60. The molecule has 0 bridgehead atoms. The van der Waals surface area contributed by atoms with Gasteiger partial charge >= 0.3 is 0 Å². The summed E-state index contributed by atoms with van der Waals surface area (Å²) in [6, 6.07) is 5.72. The standard InChI is InChI=1S/C12H18ClNO2/c1-3-16-12-6-5-10(9-11(12)13)14(2)7-4-8-15/h5-6,9,15H,3-4,7-8H2,1-2H3. The van der Waals surface area contributed by atoms with Gasteiger partial charge in [0.1, 0.15) is 5.75 Å². The molecule has 0 amide bonds. The number of rotatable bonds is 6. The molecule has 4 heteroatoms. The summed E-state index contributed by atoms with van der Waals surface area (Å²) in [5.41, 5.74) is 1.03. The number of anilines is 1. The van der Waals surface area contributed by atoms with E-state index in [0.29, 0.717) is 17.4 Å². The first-order chi connectivity index (χ1) is 7.69. The highest BCUT2D eigenvalue weighted by molar-refractivity contribution is 6.32. The van der Waals surface area contributed by atoms with Gasteiger partial charge in [0, 0.05) is 25.9 Å². The summed E-state index contributed by atoms with van der Waals surface area (Å²) in [5, 5.41) is 9.38. The van der Waals surface area contributed by atoms with E-state index in [-0.39, 0.29) is 6.61 Å². The van der Waals surface area contributed by atoms with Gasteiger partial charge in [-0.05, 0) is 31.5 Å². The van der Waals surface area contributed by atoms with E-state index in [4.69, 9.17) is 21.4 Å². The maximum absolute atomic E-state index is 8.76. The molecule has 0 saturated heterocycles. The minimum Gasteiger partial charge on any atom is -0.492 e. The number of hydrogen-bond acceptors (Lipinski definition) is 3. The molecule has 0 spiro atoms. The van der Waals surface area contributed by atoms with Gasteiger partial charge in [-0.3, -0.25) is 0 Å². The normalized spacial score (nSPS) is 10.2. The molecular formula is C12H18ClNO2. The van der Waals surface area contributed by atoms with Gasteiger partial charge in [0.15, 0.2) is 0 Å². The van der Waals surface area contributed by atoms with Crippen molar-refractivity contribution in [2.24, 2.45) is 0 Å². The van der Waals surface area contributed by atoms with Crippen LogP contribution in [0.2, 0.25) is 5.02 Å². The molecule has 0 fully saturated rings. The first-order valence-corrected chi connectivity index (χ1v) is 5.81. The maximum Gasteiger partial charge on any atom is 0.138 e. The summed E-state index contributed by atoms with van der Waals surface area (Å²) < 4.78 is 5.36. The number of hydrogen-bond donors (Lipinski definition) is 1. The third-order valence-electron chi connectivity index (χ3n) is 2.31. The minimum atomic E-state index is 0.203. The summed E-state index contributed by atoms with van der Waals surface area (Å²) in [6.45, 7) is 3.55. The van der Waals surface area contributed by atoms with Crippen LogP contribution in [-0.2, 0) is 0 Å². The van der Waals surface area contributed by atoms with Crippen LogP contribution >= 0.6 is 11.6 Å². The van der Waals surface area contributed by atoms with Crippen LogP contribution in [-0.4, -0.2) is 31.9 Å². The minimum absolute atomic E-state index is 0.203. The average Bonchev–Trinajstić information content (AvgIpc) is 2.29. The van der Waals surface area contributed by atoms with Gasteiger partial charge < -0.3 is 14.7 Å². The lowest BCUT2D eigenvalue weighted by molar-refractivity contribution is 0.290. The Hall–Kier alpha value is -0.930. The molecule has 1 aromatic carbocycles. The molecule has 1 rings (SSSR count). The Morgan fingerprint density at radius 1 is 1.44 bits per heavy atom. The Kier molecular flexibility index (Phi) is 5.43. The summed E-state index contributed by atoms with van der Waals surface area (Å²) >= 11 is 6.09. The predicted octanol–water partition coefficient (Wildman–Crippen LogP) is 2.56. The van der Waals surface area contributed by atoms with Gasteiger partial charge in [-0.2, -0.15) is 0 Å². The fourth-order valence-corrected chi connectivity index (χ4v) is 1.67.